The van der Waals surface area contributed by atoms with Crippen LogP contribution in [0.15, 0.2) is 34.6 Å². The van der Waals surface area contributed by atoms with Gasteiger partial charge in [0.2, 0.25) is 5.91 Å². The van der Waals surface area contributed by atoms with Crippen LogP contribution in [0.25, 0.3) is 0 Å². The third-order valence-electron chi connectivity index (χ3n) is 5.16. The molecular formula is C22H31IN4O3S. The van der Waals surface area contributed by atoms with E-state index in [4.69, 9.17) is 9.47 Å². The number of rotatable bonds is 8. The highest BCUT2D eigenvalue weighted by Crippen LogP contribution is 2.33. The summed E-state index contributed by atoms with van der Waals surface area (Å²) in [4.78, 5) is 20.1. The number of carbonyl (C=O) groups excluding carboxylic acids is 1. The first kappa shape index (κ1) is 25.3. The number of carbonyl (C=O) groups is 1. The van der Waals surface area contributed by atoms with Crippen LogP contribution in [-0.4, -0.2) is 51.1 Å². The summed E-state index contributed by atoms with van der Waals surface area (Å²) in [6.45, 7) is 2.80. The first-order valence-corrected chi connectivity index (χ1v) is 11.0. The number of ether oxygens (including phenoxy) is 2. The van der Waals surface area contributed by atoms with Gasteiger partial charge in [-0.1, -0.05) is 6.07 Å². The smallest absolute Gasteiger partial charge is 0.222 e. The zero-order valence-electron chi connectivity index (χ0n) is 18.3. The number of aliphatic imine (C=N–C) groups is 1. The Kier molecular flexibility index (Phi) is 10.4. The van der Waals surface area contributed by atoms with E-state index in [1.165, 1.54) is 10.4 Å². The SMILES string of the molecule is CN=C(NCCCC(=O)N1CCc2cc(OC)c(OC)cc2C1)NCc1cccs1.I. The highest BCUT2D eigenvalue weighted by Gasteiger charge is 2.22. The molecule has 0 fully saturated rings. The molecule has 31 heavy (non-hydrogen) atoms. The fourth-order valence-corrected chi connectivity index (χ4v) is 4.15. The second-order valence-corrected chi connectivity index (χ2v) is 8.11. The summed E-state index contributed by atoms with van der Waals surface area (Å²) < 4.78 is 10.8. The van der Waals surface area contributed by atoms with Crippen molar-refractivity contribution in [3.8, 4) is 11.5 Å². The Balaban J connectivity index is 0.00000341. The molecule has 0 aliphatic carbocycles. The molecule has 0 saturated heterocycles. The predicted octanol–water partition coefficient (Wildman–Crippen LogP) is 3.41. The largest absolute Gasteiger partial charge is 0.493 e. The lowest BCUT2D eigenvalue weighted by molar-refractivity contribution is -0.132. The monoisotopic (exact) mass is 558 g/mol. The van der Waals surface area contributed by atoms with E-state index in [0.717, 1.165) is 43.2 Å². The molecule has 9 heteroatoms. The van der Waals surface area contributed by atoms with Crippen LogP contribution in [0, 0.1) is 0 Å². The minimum absolute atomic E-state index is 0. The third-order valence-corrected chi connectivity index (χ3v) is 6.04. The van der Waals surface area contributed by atoms with E-state index in [2.05, 4.69) is 27.1 Å². The van der Waals surface area contributed by atoms with Gasteiger partial charge in [0, 0.05) is 38.0 Å². The molecule has 0 bridgehead atoms. The number of methoxy groups -OCH3 is 2. The molecule has 2 aromatic rings. The Morgan fingerprint density at radius 1 is 1.19 bits per heavy atom. The molecule has 0 saturated carbocycles. The summed E-state index contributed by atoms with van der Waals surface area (Å²) in [5.41, 5.74) is 2.35. The third kappa shape index (κ3) is 6.99. The number of amides is 1. The lowest BCUT2D eigenvalue weighted by atomic mass is 9.98. The minimum atomic E-state index is 0. The van der Waals surface area contributed by atoms with Crippen molar-refractivity contribution in [2.24, 2.45) is 4.99 Å². The quantitative estimate of drug-likeness (QED) is 0.225. The molecule has 1 amide bonds. The second kappa shape index (κ2) is 12.7. The normalized spacial score (nSPS) is 13.1. The maximum absolute atomic E-state index is 12.7. The fourth-order valence-electron chi connectivity index (χ4n) is 3.51. The summed E-state index contributed by atoms with van der Waals surface area (Å²) in [5.74, 6) is 2.38. The van der Waals surface area contributed by atoms with Crippen LogP contribution in [0.3, 0.4) is 0 Å². The van der Waals surface area contributed by atoms with Crippen molar-refractivity contribution in [2.45, 2.75) is 32.4 Å². The number of fused-ring (bicyclic) bond motifs is 1. The molecule has 0 unspecified atom stereocenters. The van der Waals surface area contributed by atoms with E-state index in [0.29, 0.717) is 25.3 Å². The van der Waals surface area contributed by atoms with Crippen molar-refractivity contribution >= 4 is 47.2 Å². The van der Waals surface area contributed by atoms with E-state index in [1.807, 2.05) is 23.1 Å². The summed E-state index contributed by atoms with van der Waals surface area (Å²) in [5, 5.41) is 8.62. The van der Waals surface area contributed by atoms with Crippen LogP contribution in [0.1, 0.15) is 28.8 Å². The molecule has 0 spiro atoms. The molecular weight excluding hydrogens is 527 g/mol. The van der Waals surface area contributed by atoms with Gasteiger partial charge in [0.1, 0.15) is 0 Å². The molecule has 1 aromatic heterocycles. The van der Waals surface area contributed by atoms with Gasteiger partial charge in [-0.25, -0.2) is 0 Å². The molecule has 2 heterocycles. The standard InChI is InChI=1S/C22H30N4O3S.HI/c1-23-22(25-14-18-6-5-11-30-18)24-9-4-7-21(27)26-10-8-16-12-19(28-2)20(29-3)13-17(16)15-26;/h5-6,11-13H,4,7-10,14-15H2,1-3H3,(H2,23,24,25);1H. The highest BCUT2D eigenvalue weighted by atomic mass is 127. The van der Waals surface area contributed by atoms with E-state index in [-0.39, 0.29) is 29.9 Å². The maximum atomic E-state index is 12.7. The number of halogens is 1. The van der Waals surface area contributed by atoms with Crippen LogP contribution in [0.2, 0.25) is 0 Å². The maximum Gasteiger partial charge on any atom is 0.222 e. The second-order valence-electron chi connectivity index (χ2n) is 7.08. The molecule has 2 N–H and O–H groups in total. The van der Waals surface area contributed by atoms with Crippen LogP contribution in [0.4, 0.5) is 0 Å². The van der Waals surface area contributed by atoms with E-state index < -0.39 is 0 Å². The van der Waals surface area contributed by atoms with Crippen LogP contribution >= 0.6 is 35.3 Å². The molecule has 1 aliphatic rings. The zero-order valence-corrected chi connectivity index (χ0v) is 21.4. The molecule has 0 radical (unpaired) electrons. The average molecular weight is 558 g/mol. The van der Waals surface area contributed by atoms with Crippen LogP contribution < -0.4 is 20.1 Å². The Morgan fingerprint density at radius 2 is 1.94 bits per heavy atom. The van der Waals surface area contributed by atoms with Crippen molar-refractivity contribution in [2.75, 3.05) is 34.4 Å². The van der Waals surface area contributed by atoms with Gasteiger partial charge in [-0.3, -0.25) is 9.79 Å². The number of hydrogen-bond acceptors (Lipinski definition) is 5. The summed E-state index contributed by atoms with van der Waals surface area (Å²) >= 11 is 1.71. The van der Waals surface area contributed by atoms with Gasteiger partial charge in [0.05, 0.1) is 20.8 Å². The van der Waals surface area contributed by atoms with Crippen molar-refractivity contribution in [1.82, 2.24) is 15.5 Å². The average Bonchev–Trinajstić information content (AvgIpc) is 3.30. The Bertz CT molecular complexity index is 874. The van der Waals surface area contributed by atoms with Crippen LogP contribution in [-0.2, 0) is 24.3 Å². The lowest BCUT2D eigenvalue weighted by Crippen LogP contribution is -2.38. The van der Waals surface area contributed by atoms with Gasteiger partial charge < -0.3 is 25.0 Å². The number of benzene rings is 1. The number of nitrogens with one attached hydrogen (secondary N) is 2. The van der Waals surface area contributed by atoms with Gasteiger partial charge in [-0.05, 0) is 47.5 Å². The Hall–Kier alpha value is -2.01. The van der Waals surface area contributed by atoms with Crippen molar-refractivity contribution in [3.05, 3.63) is 45.6 Å². The van der Waals surface area contributed by atoms with Crippen molar-refractivity contribution in [3.63, 3.8) is 0 Å². The number of thiophene rings is 1. The van der Waals surface area contributed by atoms with E-state index in [9.17, 15) is 4.79 Å². The van der Waals surface area contributed by atoms with Gasteiger partial charge in [-0.15, -0.1) is 35.3 Å². The Labute approximate surface area is 205 Å². The zero-order chi connectivity index (χ0) is 21.3. The van der Waals surface area contributed by atoms with Gasteiger partial charge >= 0.3 is 0 Å². The highest BCUT2D eigenvalue weighted by molar-refractivity contribution is 14.0. The molecule has 7 nitrogen and oxygen atoms in total. The number of guanidine groups is 1. The van der Waals surface area contributed by atoms with Gasteiger partial charge in [-0.2, -0.15) is 0 Å². The number of nitrogens with zero attached hydrogens (tertiary/aromatic N) is 2. The molecule has 3 rings (SSSR count). The lowest BCUT2D eigenvalue weighted by Gasteiger charge is -2.29. The first-order valence-electron chi connectivity index (χ1n) is 10.1. The molecule has 1 aliphatic heterocycles. The fraction of sp³-hybridized carbons (Fsp3) is 0.455. The summed E-state index contributed by atoms with van der Waals surface area (Å²) in [7, 11) is 5.03. The molecule has 1 aromatic carbocycles. The van der Waals surface area contributed by atoms with E-state index >= 15 is 0 Å². The topological polar surface area (TPSA) is 75.2 Å². The van der Waals surface area contributed by atoms with Crippen LogP contribution in [0.5, 0.6) is 11.5 Å². The number of hydrogen-bond donors (Lipinski definition) is 2. The first-order chi connectivity index (χ1) is 14.6. The minimum Gasteiger partial charge on any atom is -0.493 e. The van der Waals surface area contributed by atoms with Gasteiger partial charge in [0.25, 0.3) is 0 Å². The van der Waals surface area contributed by atoms with Crippen molar-refractivity contribution in [1.29, 1.82) is 0 Å². The molecule has 170 valence electrons. The summed E-state index contributed by atoms with van der Waals surface area (Å²) in [6.07, 6.45) is 2.10. The van der Waals surface area contributed by atoms with E-state index in [1.54, 1.807) is 32.6 Å². The van der Waals surface area contributed by atoms with Gasteiger partial charge in [0.15, 0.2) is 17.5 Å². The Morgan fingerprint density at radius 3 is 2.58 bits per heavy atom. The molecule has 0 atom stereocenters. The predicted molar refractivity (Wildman–Crippen MR) is 136 cm³/mol. The summed E-state index contributed by atoms with van der Waals surface area (Å²) in [6, 6.07) is 8.13. The van der Waals surface area contributed by atoms with Crippen molar-refractivity contribution < 1.29 is 14.3 Å².